The minimum Gasteiger partial charge on any atom is -0.501 e. The summed E-state index contributed by atoms with van der Waals surface area (Å²) >= 11 is 0. The molecule has 5 nitrogen and oxygen atoms in total. The summed E-state index contributed by atoms with van der Waals surface area (Å²) in [7, 11) is -3.27. The molecule has 0 atom stereocenters. The first-order valence-corrected chi connectivity index (χ1v) is 25.5. The van der Waals surface area contributed by atoms with Crippen molar-refractivity contribution in [3.63, 3.8) is 0 Å². The van der Waals surface area contributed by atoms with Crippen molar-refractivity contribution in [2.75, 3.05) is 0 Å². The third-order valence-corrected chi connectivity index (χ3v) is 13.5. The Hall–Kier alpha value is -4.54. The molecule has 0 spiro atoms. The van der Waals surface area contributed by atoms with Crippen molar-refractivity contribution in [2.24, 2.45) is 5.41 Å². The summed E-state index contributed by atoms with van der Waals surface area (Å²) < 4.78 is 90.3. The van der Waals surface area contributed by atoms with Crippen molar-refractivity contribution in [2.45, 2.75) is 80.1 Å². The Bertz CT molecular complexity index is 3020. The molecule has 4 heterocycles. The monoisotopic (exact) mass is 976 g/mol. The summed E-state index contributed by atoms with van der Waals surface area (Å²) in [4.78, 5) is 13.4. The van der Waals surface area contributed by atoms with Gasteiger partial charge in [0, 0.05) is 66.3 Å². The van der Waals surface area contributed by atoms with Gasteiger partial charge in [-0.25, -0.2) is 4.98 Å². The van der Waals surface area contributed by atoms with Gasteiger partial charge in [0.05, 0.1) is 21.7 Å². The van der Waals surface area contributed by atoms with Gasteiger partial charge in [0.15, 0.2) is 5.58 Å². The van der Waals surface area contributed by atoms with Gasteiger partial charge in [-0.15, -0.1) is 48.0 Å². The maximum Gasteiger partial charge on any atom is 0.227 e. The fourth-order valence-corrected chi connectivity index (χ4v) is 9.09. The molecule has 0 fully saturated rings. The number of pyridine rings is 2. The summed E-state index contributed by atoms with van der Waals surface area (Å²) in [6.07, 6.45) is 0.734. The Morgan fingerprint density at radius 3 is 2.14 bits per heavy atom. The summed E-state index contributed by atoms with van der Waals surface area (Å²) in [5, 5.41) is 3.86. The average Bonchev–Trinajstić information content (AvgIpc) is 3.79. The van der Waals surface area contributed by atoms with Crippen LogP contribution >= 0.6 is 0 Å². The number of fused-ring (bicyclic) bond motifs is 4. The molecular weight excluding hydrogens is 918 g/mol. The van der Waals surface area contributed by atoms with Crippen LogP contribution in [-0.2, 0) is 26.5 Å². The molecule has 0 amide bonds. The molecule has 1 radical (unpaired) electrons. The molecule has 0 aliphatic rings. The first-order chi connectivity index (χ1) is 29.5. The zero-order valence-electron chi connectivity index (χ0n) is 41.5. The predicted octanol–water partition coefficient (Wildman–Crippen LogP) is 12.2. The number of hydrogen-bond acceptors (Lipinski definition) is 5. The van der Waals surface area contributed by atoms with E-state index in [-0.39, 0.29) is 37.0 Å². The molecule has 0 N–H and O–H groups in total. The van der Waals surface area contributed by atoms with E-state index in [1.165, 1.54) is 35.8 Å². The summed E-state index contributed by atoms with van der Waals surface area (Å²) in [6.45, 7) is 13.8. The van der Waals surface area contributed by atoms with Crippen LogP contribution in [0.1, 0.15) is 48.4 Å². The van der Waals surface area contributed by atoms with E-state index in [0.717, 1.165) is 21.5 Å². The molecular formula is C48H50FIrN3O2Si2-2. The number of oxazole rings is 1. The predicted molar refractivity (Wildman–Crippen MR) is 236 cm³/mol. The van der Waals surface area contributed by atoms with Crippen LogP contribution in [0.25, 0.3) is 67.0 Å². The molecule has 8 rings (SSSR count). The normalized spacial score (nSPS) is 14.9. The second-order valence-corrected chi connectivity index (χ2v) is 27.3. The molecule has 0 aliphatic carbocycles. The molecule has 4 aromatic carbocycles. The zero-order chi connectivity index (χ0) is 46.9. The zero-order valence-corrected chi connectivity index (χ0v) is 37.9. The van der Waals surface area contributed by atoms with E-state index < -0.39 is 41.6 Å². The van der Waals surface area contributed by atoms with Gasteiger partial charge < -0.3 is 18.8 Å². The van der Waals surface area contributed by atoms with Crippen LogP contribution < -0.4 is 10.4 Å². The Morgan fingerprint density at radius 1 is 0.772 bits per heavy atom. The summed E-state index contributed by atoms with van der Waals surface area (Å²) in [5.41, 5.74) is 4.95. The Labute approximate surface area is 362 Å². The fourth-order valence-electron chi connectivity index (χ4n) is 6.48. The second-order valence-electron chi connectivity index (χ2n) is 17.1. The Kier molecular flexibility index (Phi) is 9.11. The van der Waals surface area contributed by atoms with E-state index in [2.05, 4.69) is 85.6 Å². The molecule has 0 unspecified atom stereocenters. The second kappa shape index (κ2) is 16.0. The Balaban J connectivity index is 0.000000268. The number of rotatable bonds is 6. The molecule has 9 heteroatoms. The van der Waals surface area contributed by atoms with Gasteiger partial charge in [-0.1, -0.05) is 111 Å². The van der Waals surface area contributed by atoms with E-state index in [9.17, 15) is 4.39 Å². The molecule has 0 bridgehead atoms. The molecule has 0 saturated heterocycles. The van der Waals surface area contributed by atoms with Crippen molar-refractivity contribution < 1.29 is 44.3 Å². The number of aryl methyl sites for hydroxylation is 2. The maximum absolute atomic E-state index is 13.0. The Morgan fingerprint density at radius 2 is 1.49 bits per heavy atom. The first-order valence-electron chi connectivity index (χ1n) is 22.5. The van der Waals surface area contributed by atoms with Crippen LogP contribution in [-0.4, -0.2) is 31.1 Å². The third-order valence-electron chi connectivity index (χ3n) is 9.37. The van der Waals surface area contributed by atoms with Gasteiger partial charge in [-0.2, -0.15) is 0 Å². The number of hydrogen-bond donors (Lipinski definition) is 0. The number of aromatic nitrogens is 3. The molecule has 8 aromatic rings. The van der Waals surface area contributed by atoms with Crippen molar-refractivity contribution >= 4 is 59.6 Å². The van der Waals surface area contributed by atoms with Crippen LogP contribution in [0.4, 0.5) is 4.39 Å². The van der Waals surface area contributed by atoms with E-state index in [4.69, 9.17) is 24.8 Å². The minimum absolute atomic E-state index is 0. The van der Waals surface area contributed by atoms with Crippen LogP contribution in [0.15, 0.2) is 100 Å². The molecule has 0 aliphatic heterocycles. The van der Waals surface area contributed by atoms with Gasteiger partial charge >= 0.3 is 0 Å². The summed E-state index contributed by atoms with van der Waals surface area (Å²) in [6, 6.07) is 29.4. The molecule has 0 saturated carbocycles. The maximum atomic E-state index is 13.0. The van der Waals surface area contributed by atoms with Gasteiger partial charge in [0.1, 0.15) is 11.1 Å². The molecule has 57 heavy (non-hydrogen) atoms. The van der Waals surface area contributed by atoms with Crippen molar-refractivity contribution in [3.8, 4) is 34.0 Å². The standard InChI is InChI=1S/C33H33N2O2Si.C15H17FNSi.Ir/c1-20-19-34-27(15-22(20)18-33(2,3)4)25-10-8-9-24-26-16-30-28(17-29(26)36-31(24)25)35-32(37-30)21-11-13-23(14-12-21)38(5,6)7;1-11-10-17-14(9-15(11)18(2,3)4)12-5-7-13(16)8-6-12;/h8-9,11-17,19H,18H2,1-7H3;5,7-10H,1-4H3;/q2*-1;/i1D3,18D2;1D3;. The van der Waals surface area contributed by atoms with Gasteiger partial charge in [0.2, 0.25) is 5.89 Å². The van der Waals surface area contributed by atoms with Gasteiger partial charge in [-0.3, -0.25) is 4.39 Å². The molecule has 295 valence electrons. The van der Waals surface area contributed by atoms with E-state index in [1.807, 2.05) is 24.3 Å². The number of furan rings is 1. The third kappa shape index (κ3) is 9.28. The largest absolute Gasteiger partial charge is 0.501 e. The summed E-state index contributed by atoms with van der Waals surface area (Å²) in [5.74, 6) is 0.186. The van der Waals surface area contributed by atoms with Crippen LogP contribution in [0.5, 0.6) is 0 Å². The van der Waals surface area contributed by atoms with Gasteiger partial charge in [0.25, 0.3) is 0 Å². The number of halogens is 1. The smallest absolute Gasteiger partial charge is 0.227 e. The number of benzene rings is 4. The number of nitrogens with zero attached hydrogens (tertiary/aromatic N) is 3. The van der Waals surface area contributed by atoms with Crippen LogP contribution in [0, 0.1) is 37.1 Å². The quantitative estimate of drug-likeness (QED) is 0.123. The van der Waals surface area contributed by atoms with Gasteiger partial charge in [-0.05, 0) is 66.2 Å². The minimum atomic E-state index is -2.52. The fraction of sp³-hybridized carbons (Fsp3) is 0.271. The van der Waals surface area contributed by atoms with Crippen LogP contribution in [0.2, 0.25) is 39.3 Å². The average molecular weight is 976 g/mol. The van der Waals surface area contributed by atoms with Crippen molar-refractivity contribution in [3.05, 3.63) is 126 Å². The van der Waals surface area contributed by atoms with Crippen molar-refractivity contribution in [1.29, 1.82) is 0 Å². The first kappa shape index (κ1) is 32.4. The van der Waals surface area contributed by atoms with E-state index in [0.29, 0.717) is 56.2 Å². The van der Waals surface area contributed by atoms with E-state index >= 15 is 0 Å². The van der Waals surface area contributed by atoms with E-state index in [1.54, 1.807) is 32.9 Å². The SMILES string of the molecule is [2H]C([2H])([2H])c1cnc(-c2[c-]cc(F)cc2)cc1[Si](C)(C)C.[2H]C([2H])([2H])c1cnc(-c2[c-]ccc3c2oc2cc4nc(-c5ccc([Si](C)(C)C)cc5)oc4cc23)cc1C([2H])([2H])C(C)(C)C.[Ir]. The topological polar surface area (TPSA) is 65.0 Å². The van der Waals surface area contributed by atoms with Crippen LogP contribution in [0.3, 0.4) is 0 Å². The molecule has 4 aromatic heterocycles. The van der Waals surface area contributed by atoms with Crippen molar-refractivity contribution in [1.82, 2.24) is 15.0 Å².